The molecule has 1 saturated heterocycles. The molecule has 7 heteroatoms. The molecule has 0 atom stereocenters. The lowest BCUT2D eigenvalue weighted by molar-refractivity contribution is 0.0165. The summed E-state index contributed by atoms with van der Waals surface area (Å²) in [5, 5.41) is 6.62. The van der Waals surface area contributed by atoms with Crippen molar-refractivity contribution in [1.29, 1.82) is 0 Å². The van der Waals surface area contributed by atoms with Crippen LogP contribution in [0.15, 0.2) is 27.3 Å². The van der Waals surface area contributed by atoms with Crippen LogP contribution in [0.25, 0.3) is 0 Å². The fourth-order valence-corrected chi connectivity index (χ4v) is 2.48. The Labute approximate surface area is 121 Å². The number of hydrogen-bond acceptors (Lipinski definition) is 5. The highest BCUT2D eigenvalue weighted by atomic mass is 16.5. The zero-order valence-electron chi connectivity index (χ0n) is 11.8. The molecule has 21 heavy (non-hydrogen) atoms. The van der Waals surface area contributed by atoms with Crippen LogP contribution in [0.4, 0.5) is 0 Å². The first-order valence-corrected chi connectivity index (χ1v) is 6.69. The number of rotatable bonds is 2. The number of amides is 2. The van der Waals surface area contributed by atoms with Crippen molar-refractivity contribution in [3.8, 4) is 0 Å². The molecule has 7 nitrogen and oxygen atoms in total. The molecule has 0 unspecified atom stereocenters. The third-order valence-corrected chi connectivity index (χ3v) is 3.48. The van der Waals surface area contributed by atoms with Gasteiger partial charge in [-0.05, 0) is 32.4 Å². The minimum atomic E-state index is -0.322. The minimum Gasteiger partial charge on any atom is -0.459 e. The van der Waals surface area contributed by atoms with E-state index in [9.17, 15) is 9.59 Å². The van der Waals surface area contributed by atoms with Crippen LogP contribution in [0.5, 0.6) is 0 Å². The summed E-state index contributed by atoms with van der Waals surface area (Å²) in [7, 11) is 0. The molecule has 0 N–H and O–H groups in total. The van der Waals surface area contributed by atoms with Gasteiger partial charge in [0, 0.05) is 13.1 Å². The van der Waals surface area contributed by atoms with E-state index in [-0.39, 0.29) is 17.6 Å². The maximum atomic E-state index is 12.6. The molecule has 3 rings (SSSR count). The lowest BCUT2D eigenvalue weighted by Gasteiger charge is -2.26. The zero-order valence-corrected chi connectivity index (χ0v) is 11.8. The third kappa shape index (κ3) is 2.20. The highest BCUT2D eigenvalue weighted by molar-refractivity contribution is 5.99. The first-order valence-electron chi connectivity index (χ1n) is 6.69. The Balaban J connectivity index is 1.88. The molecular formula is C14H15N3O4. The van der Waals surface area contributed by atoms with Gasteiger partial charge in [-0.1, -0.05) is 5.16 Å². The van der Waals surface area contributed by atoms with Gasteiger partial charge in [-0.3, -0.25) is 9.59 Å². The van der Waals surface area contributed by atoms with Gasteiger partial charge in [-0.2, -0.15) is 0 Å². The average Bonchev–Trinajstić information content (AvgIpc) is 3.18. The van der Waals surface area contributed by atoms with Crippen molar-refractivity contribution in [2.45, 2.75) is 20.3 Å². The number of carbonyl (C=O) groups is 2. The Bertz CT molecular complexity index is 655. The Hall–Kier alpha value is -2.57. The summed E-state index contributed by atoms with van der Waals surface area (Å²) < 4.78 is 10.1. The quantitative estimate of drug-likeness (QED) is 0.842. The number of aromatic nitrogens is 1. The van der Waals surface area contributed by atoms with Gasteiger partial charge in [0.15, 0.2) is 5.76 Å². The largest absolute Gasteiger partial charge is 0.459 e. The maximum absolute atomic E-state index is 12.6. The van der Waals surface area contributed by atoms with E-state index >= 15 is 0 Å². The van der Waals surface area contributed by atoms with Crippen LogP contribution in [-0.2, 0) is 0 Å². The van der Waals surface area contributed by atoms with Gasteiger partial charge in [0.1, 0.15) is 11.3 Å². The molecule has 2 aromatic heterocycles. The van der Waals surface area contributed by atoms with Gasteiger partial charge in [0.05, 0.1) is 12.0 Å². The molecule has 0 aromatic carbocycles. The van der Waals surface area contributed by atoms with Gasteiger partial charge < -0.3 is 8.94 Å². The number of hydrogen-bond donors (Lipinski definition) is 0. The van der Waals surface area contributed by atoms with Crippen molar-refractivity contribution in [1.82, 2.24) is 15.2 Å². The molecule has 0 aliphatic carbocycles. The van der Waals surface area contributed by atoms with E-state index in [2.05, 4.69) is 5.16 Å². The number of hydrazine groups is 1. The van der Waals surface area contributed by atoms with Crippen molar-refractivity contribution in [2.24, 2.45) is 0 Å². The van der Waals surface area contributed by atoms with Gasteiger partial charge in [-0.25, -0.2) is 10.0 Å². The Kier molecular flexibility index (Phi) is 3.25. The number of furan rings is 1. The summed E-state index contributed by atoms with van der Waals surface area (Å²) in [6, 6.07) is 3.23. The normalized spacial score (nSPS) is 14.8. The van der Waals surface area contributed by atoms with Crippen LogP contribution < -0.4 is 0 Å². The summed E-state index contributed by atoms with van der Waals surface area (Å²) in [6.45, 7) is 4.35. The molecule has 110 valence electrons. The molecular weight excluding hydrogens is 274 g/mol. The molecule has 3 heterocycles. The van der Waals surface area contributed by atoms with Crippen LogP contribution >= 0.6 is 0 Å². The van der Waals surface area contributed by atoms with Crippen molar-refractivity contribution in [2.75, 3.05) is 13.1 Å². The van der Waals surface area contributed by atoms with Crippen molar-refractivity contribution in [3.63, 3.8) is 0 Å². The first kappa shape index (κ1) is 13.4. The second kappa shape index (κ2) is 5.08. The van der Waals surface area contributed by atoms with E-state index < -0.39 is 0 Å². The highest BCUT2D eigenvalue weighted by Crippen LogP contribution is 2.21. The van der Waals surface area contributed by atoms with E-state index in [0.29, 0.717) is 30.1 Å². The van der Waals surface area contributed by atoms with Crippen LogP contribution in [0, 0.1) is 13.8 Å². The summed E-state index contributed by atoms with van der Waals surface area (Å²) in [5.41, 5.74) is 0.934. The molecule has 0 radical (unpaired) electrons. The van der Waals surface area contributed by atoms with Crippen molar-refractivity contribution >= 4 is 11.8 Å². The van der Waals surface area contributed by atoms with E-state index in [1.54, 1.807) is 26.0 Å². The molecule has 1 aliphatic heterocycles. The SMILES string of the molecule is Cc1noc(C)c1C(=O)N1CCCN1C(=O)c1ccco1. The second-order valence-corrected chi connectivity index (χ2v) is 4.89. The summed E-state index contributed by atoms with van der Waals surface area (Å²) >= 11 is 0. The lowest BCUT2D eigenvalue weighted by atomic mass is 10.2. The Morgan fingerprint density at radius 3 is 2.48 bits per heavy atom. The van der Waals surface area contributed by atoms with Gasteiger partial charge >= 0.3 is 5.91 Å². The zero-order chi connectivity index (χ0) is 15.0. The topological polar surface area (TPSA) is 79.8 Å². The van der Waals surface area contributed by atoms with Crippen molar-refractivity contribution in [3.05, 3.63) is 41.2 Å². The molecule has 0 bridgehead atoms. The van der Waals surface area contributed by atoms with E-state index in [1.807, 2.05) is 0 Å². The molecule has 0 spiro atoms. The number of nitrogens with zero attached hydrogens (tertiary/aromatic N) is 3. The van der Waals surface area contributed by atoms with Crippen LogP contribution in [-0.4, -0.2) is 40.1 Å². The van der Waals surface area contributed by atoms with Crippen LogP contribution in [0.3, 0.4) is 0 Å². The number of carbonyl (C=O) groups excluding carboxylic acids is 2. The molecule has 1 aliphatic rings. The summed E-state index contributed by atoms with van der Waals surface area (Å²) in [5.74, 6) is 0.0736. The number of aryl methyl sites for hydroxylation is 2. The van der Waals surface area contributed by atoms with Crippen LogP contribution in [0.1, 0.15) is 38.8 Å². The smallest absolute Gasteiger partial charge is 0.308 e. The Morgan fingerprint density at radius 1 is 1.19 bits per heavy atom. The van der Waals surface area contributed by atoms with Crippen molar-refractivity contribution < 1.29 is 18.5 Å². The Morgan fingerprint density at radius 2 is 1.90 bits per heavy atom. The predicted octanol–water partition coefficient (Wildman–Crippen LogP) is 1.79. The highest BCUT2D eigenvalue weighted by Gasteiger charge is 2.35. The first-order chi connectivity index (χ1) is 10.1. The van der Waals surface area contributed by atoms with Gasteiger partial charge in [-0.15, -0.1) is 0 Å². The van der Waals surface area contributed by atoms with Crippen LogP contribution in [0.2, 0.25) is 0 Å². The van der Waals surface area contributed by atoms with E-state index in [0.717, 1.165) is 6.42 Å². The van der Waals surface area contributed by atoms with E-state index in [4.69, 9.17) is 8.94 Å². The van der Waals surface area contributed by atoms with Gasteiger partial charge in [0.25, 0.3) is 5.91 Å². The third-order valence-electron chi connectivity index (χ3n) is 3.48. The summed E-state index contributed by atoms with van der Waals surface area (Å²) in [4.78, 5) is 25.0. The fraction of sp³-hybridized carbons (Fsp3) is 0.357. The monoisotopic (exact) mass is 289 g/mol. The minimum absolute atomic E-state index is 0.216. The molecule has 2 amide bonds. The molecule has 1 fully saturated rings. The second-order valence-electron chi connectivity index (χ2n) is 4.89. The van der Waals surface area contributed by atoms with Gasteiger partial charge in [0.2, 0.25) is 0 Å². The fourth-order valence-electron chi connectivity index (χ4n) is 2.48. The lowest BCUT2D eigenvalue weighted by Crippen LogP contribution is -2.45. The molecule has 2 aromatic rings. The standard InChI is InChI=1S/C14H15N3O4/c1-9-12(10(2)21-15-9)14(19)17-7-4-6-16(17)13(18)11-5-3-8-20-11/h3,5,8H,4,6-7H2,1-2H3. The maximum Gasteiger partial charge on any atom is 0.308 e. The summed E-state index contributed by atoms with van der Waals surface area (Å²) in [6.07, 6.45) is 2.16. The predicted molar refractivity (Wildman–Crippen MR) is 71.4 cm³/mol. The van der Waals surface area contributed by atoms with E-state index in [1.165, 1.54) is 16.3 Å². The molecule has 0 saturated carbocycles. The average molecular weight is 289 g/mol.